The highest BCUT2D eigenvalue weighted by Gasteiger charge is 2.75. The molecule has 40 heavy (non-hydrogen) atoms. The zero-order chi connectivity index (χ0) is 28.8. The predicted octanol–water partition coefficient (Wildman–Crippen LogP) is 8.89. The van der Waals surface area contributed by atoms with E-state index in [-0.39, 0.29) is 33.7 Å². The topological polar surface area (TPSA) is 36.9 Å². The second-order valence-corrected chi connectivity index (χ2v) is 21.3. The molecule has 0 N–H and O–H groups in total. The molecule has 0 aromatic heterocycles. The summed E-state index contributed by atoms with van der Waals surface area (Å²) in [4.78, 5) is 0. The fourth-order valence-corrected chi connectivity index (χ4v) is 11.4. The Morgan fingerprint density at radius 1 is 0.850 bits per heavy atom. The van der Waals surface area contributed by atoms with Crippen LogP contribution in [0.4, 0.5) is 0 Å². The van der Waals surface area contributed by atoms with Crippen LogP contribution in [-0.2, 0) is 25.2 Å². The molecule has 4 saturated carbocycles. The van der Waals surface area contributed by atoms with Crippen LogP contribution in [0.3, 0.4) is 0 Å². The van der Waals surface area contributed by atoms with E-state index < -0.39 is 14.1 Å². The minimum Gasteiger partial charge on any atom is -0.413 e. The predicted molar refractivity (Wildman–Crippen MR) is 163 cm³/mol. The van der Waals surface area contributed by atoms with Gasteiger partial charge in [0, 0.05) is 11.3 Å². The first-order valence-corrected chi connectivity index (χ1v) is 19.3. The summed E-state index contributed by atoms with van der Waals surface area (Å²) < 4.78 is 28.7. The molecule has 5 aliphatic rings. The standard InChI is InChI=1S/C35H56O4Si/c1-31(2,3)40(8,9)39-27-19-18-25-28-30-29(37-32(4,5)38-30)26-17-13-14-20-34(26,7)35(28,22-21-33(25,27)6)36-23-24-15-11-10-12-16-24/h10-12,15-16,25-30H,13-14,17-23H2,1-9H3/t25?,26?,27-,28?,29+,30+,33-,34-,35+/m0/s1. The highest BCUT2D eigenvalue weighted by molar-refractivity contribution is 6.74. The molecule has 1 aromatic rings. The molecule has 1 aromatic carbocycles. The van der Waals surface area contributed by atoms with E-state index in [4.69, 9.17) is 18.6 Å². The Bertz CT molecular complexity index is 1080. The lowest BCUT2D eigenvalue weighted by Gasteiger charge is -2.68. The molecule has 9 atom stereocenters. The van der Waals surface area contributed by atoms with Crippen LogP contribution in [0, 0.1) is 28.6 Å². The van der Waals surface area contributed by atoms with Crippen LogP contribution in [0.5, 0.6) is 0 Å². The monoisotopic (exact) mass is 568 g/mol. The normalized spacial score (nSPS) is 44.4. The van der Waals surface area contributed by atoms with Crippen molar-refractivity contribution in [3.8, 4) is 0 Å². The summed E-state index contributed by atoms with van der Waals surface area (Å²) in [5.41, 5.74) is 1.28. The highest BCUT2D eigenvalue weighted by Crippen LogP contribution is 2.71. The largest absolute Gasteiger partial charge is 0.413 e. The van der Waals surface area contributed by atoms with Gasteiger partial charge in [-0.05, 0) is 93.3 Å². The maximum absolute atomic E-state index is 7.49. The molecule has 6 rings (SSSR count). The van der Waals surface area contributed by atoms with Crippen LogP contribution in [-0.4, -0.2) is 38.0 Å². The van der Waals surface area contributed by atoms with E-state index in [1.807, 2.05) is 0 Å². The van der Waals surface area contributed by atoms with Crippen LogP contribution in [0.1, 0.15) is 105 Å². The molecule has 5 fully saturated rings. The van der Waals surface area contributed by atoms with Crippen molar-refractivity contribution < 1.29 is 18.6 Å². The quantitative estimate of drug-likeness (QED) is 0.332. The minimum absolute atomic E-state index is 0.0787. The average Bonchev–Trinajstić information content (AvgIpc) is 3.37. The summed E-state index contributed by atoms with van der Waals surface area (Å²) in [7, 11) is -1.89. The zero-order valence-corrected chi connectivity index (χ0v) is 27.8. The van der Waals surface area contributed by atoms with Crippen molar-refractivity contribution in [2.24, 2.45) is 28.6 Å². The fraction of sp³-hybridized carbons (Fsp3) is 0.829. The first-order chi connectivity index (χ1) is 18.6. The van der Waals surface area contributed by atoms with Crippen molar-refractivity contribution in [1.82, 2.24) is 0 Å². The van der Waals surface area contributed by atoms with Gasteiger partial charge in [-0.25, -0.2) is 0 Å². The Morgan fingerprint density at radius 2 is 1.55 bits per heavy atom. The lowest BCUT2D eigenvalue weighted by molar-refractivity contribution is -0.297. The molecular weight excluding hydrogens is 512 g/mol. The van der Waals surface area contributed by atoms with E-state index in [2.05, 4.69) is 91.9 Å². The van der Waals surface area contributed by atoms with E-state index >= 15 is 0 Å². The Labute approximate surface area is 245 Å². The van der Waals surface area contributed by atoms with Crippen molar-refractivity contribution in [1.29, 1.82) is 0 Å². The van der Waals surface area contributed by atoms with Crippen molar-refractivity contribution >= 4 is 8.32 Å². The van der Waals surface area contributed by atoms with Gasteiger partial charge < -0.3 is 18.6 Å². The Morgan fingerprint density at radius 3 is 2.25 bits per heavy atom. The van der Waals surface area contributed by atoms with Gasteiger partial charge in [0.1, 0.15) is 0 Å². The molecule has 0 spiro atoms. The summed E-state index contributed by atoms with van der Waals surface area (Å²) in [6.07, 6.45) is 10.2. The molecule has 3 unspecified atom stereocenters. The zero-order valence-electron chi connectivity index (χ0n) is 26.8. The number of fused-ring (bicyclic) bond motifs is 8. The van der Waals surface area contributed by atoms with Gasteiger partial charge in [0.2, 0.25) is 0 Å². The van der Waals surface area contributed by atoms with Crippen molar-refractivity contribution in [2.75, 3.05) is 0 Å². The molecular formula is C35H56O4Si. The van der Waals surface area contributed by atoms with Crippen LogP contribution in [0.2, 0.25) is 18.1 Å². The number of hydrogen-bond acceptors (Lipinski definition) is 4. The third-order valence-electron chi connectivity index (χ3n) is 13.1. The van der Waals surface area contributed by atoms with Crippen LogP contribution < -0.4 is 0 Å². The van der Waals surface area contributed by atoms with Crippen LogP contribution in [0.25, 0.3) is 0 Å². The van der Waals surface area contributed by atoms with Crippen molar-refractivity contribution in [3.05, 3.63) is 35.9 Å². The van der Waals surface area contributed by atoms with Crippen molar-refractivity contribution in [3.63, 3.8) is 0 Å². The summed E-state index contributed by atoms with van der Waals surface area (Å²) in [5.74, 6) is 0.753. The molecule has 5 heteroatoms. The molecule has 0 radical (unpaired) electrons. The summed E-state index contributed by atoms with van der Waals surface area (Å²) in [6.45, 7) is 22.1. The SMILES string of the molecule is CC1(C)O[C@@H]2C3CCCC[C@]3(C)[C@@]3(OCc4ccccc4)CC[C@@]4(C)C(CC[C@@H]4O[Si](C)(C)C(C)(C)C)C3[C@H]2O1. The van der Waals surface area contributed by atoms with Gasteiger partial charge >= 0.3 is 0 Å². The maximum atomic E-state index is 7.49. The molecule has 224 valence electrons. The van der Waals surface area contributed by atoms with Gasteiger partial charge in [0.25, 0.3) is 0 Å². The van der Waals surface area contributed by atoms with Gasteiger partial charge in [-0.2, -0.15) is 0 Å². The van der Waals surface area contributed by atoms with Crippen LogP contribution >= 0.6 is 0 Å². The van der Waals surface area contributed by atoms with E-state index in [0.717, 1.165) is 12.8 Å². The lowest BCUT2D eigenvalue weighted by atomic mass is 9.41. The van der Waals surface area contributed by atoms with Gasteiger partial charge in [-0.3, -0.25) is 0 Å². The van der Waals surface area contributed by atoms with Crippen LogP contribution in [0.15, 0.2) is 30.3 Å². The highest BCUT2D eigenvalue weighted by atomic mass is 28.4. The molecule has 1 aliphatic heterocycles. The number of hydrogen-bond donors (Lipinski definition) is 0. The Balaban J connectivity index is 1.43. The smallest absolute Gasteiger partial charge is 0.192 e. The number of benzene rings is 1. The third-order valence-corrected chi connectivity index (χ3v) is 17.6. The summed E-state index contributed by atoms with van der Waals surface area (Å²) in [6, 6.07) is 10.8. The second-order valence-electron chi connectivity index (χ2n) is 16.6. The van der Waals surface area contributed by atoms with E-state index in [1.54, 1.807) is 0 Å². The second kappa shape index (κ2) is 9.64. The van der Waals surface area contributed by atoms with E-state index in [9.17, 15) is 0 Å². The van der Waals surface area contributed by atoms with Gasteiger partial charge in [-0.15, -0.1) is 0 Å². The van der Waals surface area contributed by atoms with E-state index in [0.29, 0.717) is 30.5 Å². The lowest BCUT2D eigenvalue weighted by Crippen LogP contribution is -2.73. The number of ether oxygens (including phenoxy) is 3. The van der Waals surface area contributed by atoms with Gasteiger partial charge in [-0.1, -0.05) is 77.8 Å². The first-order valence-electron chi connectivity index (χ1n) is 16.3. The first kappa shape index (κ1) is 29.4. The number of rotatable bonds is 5. The maximum Gasteiger partial charge on any atom is 0.192 e. The molecule has 1 heterocycles. The van der Waals surface area contributed by atoms with Gasteiger partial charge in [0.15, 0.2) is 14.1 Å². The average molecular weight is 569 g/mol. The molecule has 0 amide bonds. The van der Waals surface area contributed by atoms with E-state index in [1.165, 1.54) is 44.1 Å². The third kappa shape index (κ3) is 4.34. The van der Waals surface area contributed by atoms with Gasteiger partial charge in [0.05, 0.1) is 30.5 Å². The Kier molecular flexibility index (Phi) is 7.07. The Hall–Kier alpha value is -0.723. The molecule has 4 nitrogen and oxygen atoms in total. The fourth-order valence-electron chi connectivity index (χ4n) is 9.94. The molecule has 1 saturated heterocycles. The summed E-state index contributed by atoms with van der Waals surface area (Å²) in [5, 5.41) is 0.212. The minimum atomic E-state index is -1.89. The molecule has 0 bridgehead atoms. The van der Waals surface area contributed by atoms with Crippen molar-refractivity contribution in [2.45, 2.75) is 154 Å². The molecule has 4 aliphatic carbocycles. The summed E-state index contributed by atoms with van der Waals surface area (Å²) >= 11 is 0.